The van der Waals surface area contributed by atoms with E-state index in [1.165, 1.54) is 16.9 Å². The summed E-state index contributed by atoms with van der Waals surface area (Å²) in [4.78, 5) is 36.9. The molecule has 1 atom stereocenters. The first-order chi connectivity index (χ1) is 11.5. The summed E-state index contributed by atoms with van der Waals surface area (Å²) < 4.78 is 1.21. The lowest BCUT2D eigenvalue weighted by atomic mass is 9.89. The summed E-state index contributed by atoms with van der Waals surface area (Å²) in [5.41, 5.74) is 1.49. The van der Waals surface area contributed by atoms with Gasteiger partial charge in [0.1, 0.15) is 6.54 Å². The first kappa shape index (κ1) is 15.7. The summed E-state index contributed by atoms with van der Waals surface area (Å²) in [5, 5.41) is 15.4. The Balaban J connectivity index is 1.80. The van der Waals surface area contributed by atoms with Crippen LogP contribution < -0.4 is 10.2 Å². The molecule has 1 aromatic carbocycles. The lowest BCUT2D eigenvalue weighted by Gasteiger charge is -2.30. The van der Waals surface area contributed by atoms with E-state index in [0.29, 0.717) is 5.69 Å². The molecule has 0 bridgehead atoms. The molecular weight excluding hydrogens is 312 g/mol. The normalized spacial score (nSPS) is 16.6. The van der Waals surface area contributed by atoms with Gasteiger partial charge in [-0.25, -0.2) is 0 Å². The van der Waals surface area contributed by atoms with Crippen LogP contribution in [0.5, 0.6) is 0 Å². The number of aliphatic carboxylic acids is 1. The molecule has 1 aliphatic heterocycles. The van der Waals surface area contributed by atoms with Gasteiger partial charge in [-0.05, 0) is 11.6 Å². The first-order valence-electron chi connectivity index (χ1n) is 7.37. The highest BCUT2D eigenvalue weighted by Crippen LogP contribution is 2.35. The van der Waals surface area contributed by atoms with Gasteiger partial charge in [0, 0.05) is 31.4 Å². The van der Waals surface area contributed by atoms with Crippen molar-refractivity contribution < 1.29 is 19.5 Å². The lowest BCUT2D eigenvalue weighted by molar-refractivity contribution is -0.137. The molecule has 1 aromatic heterocycles. The molecule has 2 amide bonds. The highest BCUT2D eigenvalue weighted by Gasteiger charge is 2.33. The quantitative estimate of drug-likeness (QED) is 0.873. The zero-order valence-corrected chi connectivity index (χ0v) is 13.0. The van der Waals surface area contributed by atoms with Crippen molar-refractivity contribution >= 4 is 29.3 Å². The van der Waals surface area contributed by atoms with Crippen molar-refractivity contribution in [1.29, 1.82) is 0 Å². The molecule has 3 rings (SSSR count). The Labute approximate surface area is 137 Å². The van der Waals surface area contributed by atoms with E-state index in [1.54, 1.807) is 18.0 Å². The molecule has 2 heterocycles. The minimum atomic E-state index is -1.02. The third-order valence-corrected chi connectivity index (χ3v) is 3.93. The number of benzene rings is 1. The van der Waals surface area contributed by atoms with E-state index in [1.807, 2.05) is 18.2 Å². The Morgan fingerprint density at radius 2 is 2.08 bits per heavy atom. The van der Waals surface area contributed by atoms with E-state index in [4.69, 9.17) is 5.11 Å². The fourth-order valence-corrected chi connectivity index (χ4v) is 2.75. The summed E-state index contributed by atoms with van der Waals surface area (Å²) in [6.07, 6.45) is 1.55. The van der Waals surface area contributed by atoms with Crippen LogP contribution >= 0.6 is 0 Å². The number of carbonyl (C=O) groups is 3. The number of nitrogens with zero attached hydrogens (tertiary/aromatic N) is 3. The number of hydrogen-bond acceptors (Lipinski definition) is 4. The highest BCUT2D eigenvalue weighted by molar-refractivity contribution is 6.05. The monoisotopic (exact) mass is 328 g/mol. The molecule has 2 aromatic rings. The fraction of sp³-hybridized carbons (Fsp3) is 0.250. The zero-order valence-electron chi connectivity index (χ0n) is 13.0. The van der Waals surface area contributed by atoms with Gasteiger partial charge in [0.25, 0.3) is 0 Å². The summed E-state index contributed by atoms with van der Waals surface area (Å²) in [5.74, 6) is -1.85. The van der Waals surface area contributed by atoms with Crippen LogP contribution in [0.15, 0.2) is 36.5 Å². The molecule has 2 N–H and O–H groups in total. The van der Waals surface area contributed by atoms with Gasteiger partial charge >= 0.3 is 5.97 Å². The number of aromatic nitrogens is 2. The predicted molar refractivity (Wildman–Crippen MR) is 85.7 cm³/mol. The number of carboxylic acids is 1. The van der Waals surface area contributed by atoms with Crippen LogP contribution in [0.4, 0.5) is 11.5 Å². The van der Waals surface area contributed by atoms with E-state index in [0.717, 1.165) is 5.56 Å². The van der Waals surface area contributed by atoms with Crippen molar-refractivity contribution in [3.63, 3.8) is 0 Å². The van der Waals surface area contributed by atoms with Crippen molar-refractivity contribution in [2.24, 2.45) is 0 Å². The number of amides is 2. The van der Waals surface area contributed by atoms with Crippen LogP contribution in [-0.4, -0.2) is 39.7 Å². The van der Waals surface area contributed by atoms with Gasteiger partial charge in [-0.2, -0.15) is 5.10 Å². The average Bonchev–Trinajstić information content (AvgIpc) is 2.97. The molecule has 24 heavy (non-hydrogen) atoms. The predicted octanol–water partition coefficient (Wildman–Crippen LogP) is 1.06. The number of anilines is 2. The van der Waals surface area contributed by atoms with Crippen LogP contribution in [0.1, 0.15) is 17.9 Å². The minimum absolute atomic E-state index is 0.0786. The van der Waals surface area contributed by atoms with Crippen molar-refractivity contribution in [1.82, 2.24) is 9.78 Å². The second-order valence-corrected chi connectivity index (χ2v) is 5.55. The Kier molecular flexibility index (Phi) is 4.03. The topological polar surface area (TPSA) is 105 Å². The lowest BCUT2D eigenvalue weighted by Crippen LogP contribution is -2.37. The summed E-state index contributed by atoms with van der Waals surface area (Å²) in [6.45, 7) is -0.286. The molecule has 8 heteroatoms. The summed E-state index contributed by atoms with van der Waals surface area (Å²) in [6, 6.07) is 8.78. The smallest absolute Gasteiger partial charge is 0.325 e. The Morgan fingerprint density at radius 1 is 1.33 bits per heavy atom. The van der Waals surface area contributed by atoms with Gasteiger partial charge in [0.05, 0.1) is 5.92 Å². The standard InChI is InChI=1S/C16H16N4O4/c1-19-12-5-3-2-4-10(12)11(8-14(19)21)16(24)17-13-6-7-20(18-13)9-15(22)23/h2-7,11H,8-9H2,1H3,(H,22,23)(H,17,18,24). The third-order valence-electron chi connectivity index (χ3n) is 3.93. The molecular formula is C16H16N4O4. The number of carbonyl (C=O) groups excluding carboxylic acids is 2. The highest BCUT2D eigenvalue weighted by atomic mass is 16.4. The van der Waals surface area contributed by atoms with Gasteiger partial charge in [0.2, 0.25) is 11.8 Å². The van der Waals surface area contributed by atoms with E-state index >= 15 is 0 Å². The summed E-state index contributed by atoms with van der Waals surface area (Å²) >= 11 is 0. The maximum atomic E-state index is 12.6. The van der Waals surface area contributed by atoms with Crippen molar-refractivity contribution in [2.75, 3.05) is 17.3 Å². The molecule has 0 saturated heterocycles. The number of nitrogens with one attached hydrogen (secondary N) is 1. The molecule has 0 fully saturated rings. The van der Waals surface area contributed by atoms with Crippen LogP contribution in [0, 0.1) is 0 Å². The van der Waals surface area contributed by atoms with Gasteiger partial charge in [-0.15, -0.1) is 0 Å². The van der Waals surface area contributed by atoms with Gasteiger partial charge in [-0.1, -0.05) is 18.2 Å². The van der Waals surface area contributed by atoms with Gasteiger partial charge in [0.15, 0.2) is 5.82 Å². The fourth-order valence-electron chi connectivity index (χ4n) is 2.75. The number of fused-ring (bicyclic) bond motifs is 1. The molecule has 0 spiro atoms. The van der Waals surface area contributed by atoms with E-state index < -0.39 is 11.9 Å². The molecule has 0 radical (unpaired) electrons. The van der Waals surface area contributed by atoms with Gasteiger partial charge in [-0.3, -0.25) is 19.1 Å². The summed E-state index contributed by atoms with van der Waals surface area (Å²) in [7, 11) is 1.68. The zero-order chi connectivity index (χ0) is 17.3. The maximum absolute atomic E-state index is 12.6. The first-order valence-corrected chi connectivity index (χ1v) is 7.37. The Hall–Kier alpha value is -3.16. The SMILES string of the molecule is CN1C(=O)CC(C(=O)Nc2ccn(CC(=O)O)n2)c2ccccc21. The van der Waals surface area contributed by atoms with Gasteiger partial charge < -0.3 is 15.3 Å². The molecule has 124 valence electrons. The number of para-hydroxylation sites is 1. The molecule has 0 aliphatic carbocycles. The molecule has 1 unspecified atom stereocenters. The van der Waals surface area contributed by atoms with E-state index in [2.05, 4.69) is 10.4 Å². The minimum Gasteiger partial charge on any atom is -0.480 e. The van der Waals surface area contributed by atoms with Crippen LogP contribution in [-0.2, 0) is 20.9 Å². The Bertz CT molecular complexity index is 814. The van der Waals surface area contributed by atoms with E-state index in [9.17, 15) is 14.4 Å². The van der Waals surface area contributed by atoms with Crippen molar-refractivity contribution in [3.05, 3.63) is 42.1 Å². The number of hydrogen-bond donors (Lipinski definition) is 2. The molecule has 8 nitrogen and oxygen atoms in total. The second kappa shape index (κ2) is 6.15. The average molecular weight is 328 g/mol. The molecule has 0 saturated carbocycles. The van der Waals surface area contributed by atoms with Crippen LogP contribution in [0.3, 0.4) is 0 Å². The third kappa shape index (κ3) is 2.98. The number of carboxylic acid groups (broad SMARTS) is 1. The van der Waals surface area contributed by atoms with E-state index in [-0.39, 0.29) is 30.6 Å². The maximum Gasteiger partial charge on any atom is 0.325 e. The largest absolute Gasteiger partial charge is 0.480 e. The molecule has 1 aliphatic rings. The number of rotatable bonds is 4. The van der Waals surface area contributed by atoms with Crippen molar-refractivity contribution in [3.8, 4) is 0 Å². The second-order valence-electron chi connectivity index (χ2n) is 5.55. The Morgan fingerprint density at radius 3 is 2.83 bits per heavy atom. The van der Waals surface area contributed by atoms with Crippen molar-refractivity contribution in [2.45, 2.75) is 18.9 Å². The van der Waals surface area contributed by atoms with Crippen LogP contribution in [0.2, 0.25) is 0 Å². The van der Waals surface area contributed by atoms with Crippen LogP contribution in [0.25, 0.3) is 0 Å².